The molecule has 0 radical (unpaired) electrons. The molecule has 19 heavy (non-hydrogen) atoms. The van der Waals surface area contributed by atoms with Gasteiger partial charge in [-0.2, -0.15) is 0 Å². The standard InChI is InChI=1S/C16H16N2O/c1-2-17-16(19)18-14-9-5-3-7-12(14)11-13-8-4-6-10-15(13)18/h3-10H,2,11H2,1H3,(H,17,19)/p-1. The Hall–Kier alpha value is -2.29. The van der Waals surface area contributed by atoms with Crippen LogP contribution in [0.1, 0.15) is 18.1 Å². The van der Waals surface area contributed by atoms with Gasteiger partial charge in [0.05, 0.1) is 6.02 Å². The Morgan fingerprint density at radius 2 is 1.58 bits per heavy atom. The van der Waals surface area contributed by atoms with E-state index >= 15 is 0 Å². The van der Waals surface area contributed by atoms with Crippen LogP contribution in [0.3, 0.4) is 0 Å². The molecule has 0 bridgehead atoms. The van der Waals surface area contributed by atoms with Crippen LogP contribution in [-0.2, 0) is 6.42 Å². The number of benzene rings is 2. The van der Waals surface area contributed by atoms with Gasteiger partial charge in [0.25, 0.3) is 0 Å². The molecule has 1 aliphatic heterocycles. The van der Waals surface area contributed by atoms with Gasteiger partial charge in [-0.3, -0.25) is 4.99 Å². The zero-order chi connectivity index (χ0) is 13.2. The van der Waals surface area contributed by atoms with Crippen molar-refractivity contribution in [1.82, 2.24) is 0 Å². The Morgan fingerprint density at radius 3 is 2.11 bits per heavy atom. The van der Waals surface area contributed by atoms with Gasteiger partial charge in [0.1, 0.15) is 0 Å². The number of para-hydroxylation sites is 2. The minimum Gasteiger partial charge on any atom is -0.846 e. The molecule has 0 spiro atoms. The lowest BCUT2D eigenvalue weighted by atomic mass is 9.96. The number of aliphatic imine (C=N–C) groups is 1. The average molecular weight is 251 g/mol. The smallest absolute Gasteiger partial charge is 0.0594 e. The third-order valence-corrected chi connectivity index (χ3v) is 3.33. The lowest BCUT2D eigenvalue weighted by Gasteiger charge is -2.36. The second kappa shape index (κ2) is 4.76. The number of nitrogens with zero attached hydrogens (tertiary/aromatic N) is 2. The maximum absolute atomic E-state index is 12.3. The highest BCUT2D eigenvalue weighted by Crippen LogP contribution is 2.37. The summed E-state index contributed by atoms with van der Waals surface area (Å²) in [7, 11) is 0. The topological polar surface area (TPSA) is 38.7 Å². The van der Waals surface area contributed by atoms with E-state index in [0.29, 0.717) is 6.54 Å². The van der Waals surface area contributed by atoms with Crippen LogP contribution in [0.2, 0.25) is 0 Å². The van der Waals surface area contributed by atoms with Gasteiger partial charge in [0.2, 0.25) is 0 Å². The quantitative estimate of drug-likeness (QED) is 0.577. The molecular formula is C16H15N2O-. The first-order valence-electron chi connectivity index (χ1n) is 6.48. The minimum atomic E-state index is -0.193. The predicted octanol–water partition coefficient (Wildman–Crippen LogP) is 2.47. The molecule has 2 aromatic rings. The Kier molecular flexibility index (Phi) is 2.95. The molecule has 3 rings (SSSR count). The largest absolute Gasteiger partial charge is 0.846 e. The van der Waals surface area contributed by atoms with Crippen molar-refractivity contribution in [2.75, 3.05) is 11.4 Å². The maximum Gasteiger partial charge on any atom is 0.0594 e. The third-order valence-electron chi connectivity index (χ3n) is 3.33. The molecule has 0 atom stereocenters. The van der Waals surface area contributed by atoms with E-state index in [2.05, 4.69) is 17.1 Å². The fraction of sp³-hybridized carbons (Fsp3) is 0.188. The molecule has 0 saturated carbocycles. The SMILES string of the molecule is CCN=C([O-])N1c2ccccc2Cc2ccccc21. The van der Waals surface area contributed by atoms with Crippen molar-refractivity contribution in [3.8, 4) is 0 Å². The first kappa shape index (κ1) is 11.8. The van der Waals surface area contributed by atoms with Gasteiger partial charge in [0, 0.05) is 24.3 Å². The average Bonchev–Trinajstić information content (AvgIpc) is 2.44. The van der Waals surface area contributed by atoms with Gasteiger partial charge in [-0.05, 0) is 30.2 Å². The highest BCUT2D eigenvalue weighted by atomic mass is 16.3. The van der Waals surface area contributed by atoms with Crippen molar-refractivity contribution in [2.24, 2.45) is 4.99 Å². The lowest BCUT2D eigenvalue weighted by molar-refractivity contribution is -0.217. The van der Waals surface area contributed by atoms with E-state index < -0.39 is 0 Å². The summed E-state index contributed by atoms with van der Waals surface area (Å²) in [6, 6.07) is 15.8. The fourth-order valence-electron chi connectivity index (χ4n) is 2.50. The van der Waals surface area contributed by atoms with E-state index in [-0.39, 0.29) is 6.02 Å². The van der Waals surface area contributed by atoms with E-state index in [9.17, 15) is 5.11 Å². The number of rotatable bonds is 1. The Labute approximate surface area is 112 Å². The highest BCUT2D eigenvalue weighted by molar-refractivity contribution is 5.99. The third kappa shape index (κ3) is 1.97. The van der Waals surface area contributed by atoms with Gasteiger partial charge >= 0.3 is 0 Å². The molecule has 3 heteroatoms. The van der Waals surface area contributed by atoms with Crippen LogP contribution in [0.4, 0.5) is 11.4 Å². The maximum atomic E-state index is 12.3. The van der Waals surface area contributed by atoms with E-state index in [0.717, 1.165) is 17.8 Å². The summed E-state index contributed by atoms with van der Waals surface area (Å²) in [4.78, 5) is 5.75. The van der Waals surface area contributed by atoms with Crippen molar-refractivity contribution in [2.45, 2.75) is 13.3 Å². The number of anilines is 2. The van der Waals surface area contributed by atoms with Crippen LogP contribution in [0.15, 0.2) is 53.5 Å². The Bertz CT molecular complexity index is 589. The summed E-state index contributed by atoms with van der Waals surface area (Å²) in [6.45, 7) is 2.37. The fourth-order valence-corrected chi connectivity index (χ4v) is 2.50. The Morgan fingerprint density at radius 1 is 1.05 bits per heavy atom. The summed E-state index contributed by atoms with van der Waals surface area (Å²) in [5, 5.41) is 12.3. The number of hydrogen-bond acceptors (Lipinski definition) is 2. The monoisotopic (exact) mass is 251 g/mol. The van der Waals surface area contributed by atoms with Crippen LogP contribution < -0.4 is 10.0 Å². The van der Waals surface area contributed by atoms with Crippen molar-refractivity contribution in [3.63, 3.8) is 0 Å². The second-order valence-electron chi connectivity index (χ2n) is 4.53. The van der Waals surface area contributed by atoms with Crippen LogP contribution >= 0.6 is 0 Å². The first-order valence-corrected chi connectivity index (χ1v) is 6.48. The number of amidine groups is 1. The second-order valence-corrected chi connectivity index (χ2v) is 4.53. The molecule has 0 amide bonds. The molecule has 3 nitrogen and oxygen atoms in total. The van der Waals surface area contributed by atoms with Crippen molar-refractivity contribution in [1.29, 1.82) is 0 Å². The molecule has 1 heterocycles. The summed E-state index contributed by atoms with van der Waals surface area (Å²) >= 11 is 0. The van der Waals surface area contributed by atoms with Gasteiger partial charge < -0.3 is 10.0 Å². The van der Waals surface area contributed by atoms with Gasteiger partial charge in [-0.15, -0.1) is 0 Å². The molecule has 1 aliphatic rings. The van der Waals surface area contributed by atoms with Gasteiger partial charge in [0.15, 0.2) is 0 Å². The van der Waals surface area contributed by atoms with E-state index in [4.69, 9.17) is 0 Å². The van der Waals surface area contributed by atoms with E-state index in [1.54, 1.807) is 4.90 Å². The lowest BCUT2D eigenvalue weighted by Crippen LogP contribution is -2.39. The zero-order valence-electron chi connectivity index (χ0n) is 10.8. The van der Waals surface area contributed by atoms with E-state index in [1.165, 1.54) is 11.1 Å². The molecule has 0 fully saturated rings. The minimum absolute atomic E-state index is 0.193. The molecule has 0 aromatic heterocycles. The van der Waals surface area contributed by atoms with Crippen molar-refractivity contribution >= 4 is 17.4 Å². The molecular weight excluding hydrogens is 236 g/mol. The predicted molar refractivity (Wildman–Crippen MR) is 75.8 cm³/mol. The zero-order valence-corrected chi connectivity index (χ0v) is 10.8. The van der Waals surface area contributed by atoms with Gasteiger partial charge in [-0.1, -0.05) is 36.4 Å². The number of fused-ring (bicyclic) bond motifs is 2. The summed E-state index contributed by atoms with van der Waals surface area (Å²) in [5.74, 6) is 0. The summed E-state index contributed by atoms with van der Waals surface area (Å²) < 4.78 is 0. The highest BCUT2D eigenvalue weighted by Gasteiger charge is 2.21. The molecule has 2 aromatic carbocycles. The Balaban J connectivity index is 2.19. The molecule has 0 saturated heterocycles. The molecule has 0 aliphatic carbocycles. The van der Waals surface area contributed by atoms with Crippen LogP contribution in [0, 0.1) is 0 Å². The molecule has 0 N–H and O–H groups in total. The normalized spacial score (nSPS) is 13.9. The van der Waals surface area contributed by atoms with Crippen molar-refractivity contribution in [3.05, 3.63) is 59.7 Å². The number of hydrogen-bond donors (Lipinski definition) is 0. The van der Waals surface area contributed by atoms with E-state index in [1.807, 2.05) is 43.3 Å². The summed E-state index contributed by atoms with van der Waals surface area (Å²) in [5.41, 5.74) is 4.23. The first-order chi connectivity index (χ1) is 9.31. The van der Waals surface area contributed by atoms with Gasteiger partial charge in [-0.25, -0.2) is 0 Å². The van der Waals surface area contributed by atoms with Crippen LogP contribution in [0.25, 0.3) is 0 Å². The summed E-state index contributed by atoms with van der Waals surface area (Å²) in [6.07, 6.45) is 0.863. The van der Waals surface area contributed by atoms with Crippen molar-refractivity contribution < 1.29 is 5.11 Å². The molecule has 0 unspecified atom stereocenters. The van der Waals surface area contributed by atoms with Crippen LogP contribution in [-0.4, -0.2) is 12.6 Å². The molecule has 96 valence electrons. The van der Waals surface area contributed by atoms with Crippen LogP contribution in [0.5, 0.6) is 0 Å².